The Bertz CT molecular complexity index is 1380. The van der Waals surface area contributed by atoms with Crippen LogP contribution in [-0.4, -0.2) is 40.6 Å². The number of halogens is 4. The van der Waals surface area contributed by atoms with Crippen LogP contribution >= 0.6 is 0 Å². The fourth-order valence-corrected chi connectivity index (χ4v) is 3.43. The van der Waals surface area contributed by atoms with Gasteiger partial charge in [-0.05, 0) is 43.7 Å². The third kappa shape index (κ3) is 6.54. The number of carbonyl (C=O) groups is 1. The molecule has 2 heterocycles. The van der Waals surface area contributed by atoms with E-state index < -0.39 is 46.7 Å². The van der Waals surface area contributed by atoms with E-state index in [4.69, 9.17) is 14.2 Å². The van der Waals surface area contributed by atoms with E-state index >= 15 is 4.39 Å². The molecule has 0 radical (unpaired) electrons. The number of allylic oxidation sites excluding steroid dienone is 6. The zero-order chi connectivity index (χ0) is 27.3. The number of alkyl halides is 3. The molecular weight excluding hydrogens is 502 g/mol. The minimum absolute atomic E-state index is 0.0729. The van der Waals surface area contributed by atoms with Gasteiger partial charge in [0.05, 0.1) is 12.3 Å². The molecule has 1 atom stereocenters. The predicted molar refractivity (Wildman–Crippen MR) is 125 cm³/mol. The molecular formula is C24H23F4N3O6. The zero-order valence-electron chi connectivity index (χ0n) is 20.0. The highest BCUT2D eigenvalue weighted by Crippen LogP contribution is 2.29. The van der Waals surface area contributed by atoms with Crippen molar-refractivity contribution < 1.29 is 36.6 Å². The van der Waals surface area contributed by atoms with Crippen molar-refractivity contribution >= 4 is 17.9 Å². The van der Waals surface area contributed by atoms with Crippen LogP contribution in [0.5, 0.6) is 0 Å². The number of aromatic nitrogens is 2. The molecule has 1 aromatic heterocycles. The molecule has 0 saturated heterocycles. The molecule has 0 fully saturated rings. The van der Waals surface area contributed by atoms with Crippen molar-refractivity contribution in [2.24, 2.45) is 12.0 Å². The summed E-state index contributed by atoms with van der Waals surface area (Å²) in [4.78, 5) is 40.6. The van der Waals surface area contributed by atoms with Crippen molar-refractivity contribution in [2.75, 3.05) is 13.2 Å². The first kappa shape index (κ1) is 27.4. The Hall–Kier alpha value is -4.16. The van der Waals surface area contributed by atoms with Crippen molar-refractivity contribution in [3.63, 3.8) is 0 Å². The number of esters is 1. The smallest absolute Gasteiger partial charge is 0.431 e. The summed E-state index contributed by atoms with van der Waals surface area (Å²) in [6, 6.07) is 0.239. The van der Waals surface area contributed by atoms with Crippen molar-refractivity contribution in [3.05, 3.63) is 86.0 Å². The average molecular weight is 525 g/mol. The van der Waals surface area contributed by atoms with E-state index in [1.165, 1.54) is 25.3 Å². The lowest BCUT2D eigenvalue weighted by Gasteiger charge is -2.16. The van der Waals surface area contributed by atoms with Crippen molar-refractivity contribution in [3.8, 4) is 0 Å². The minimum Gasteiger partial charge on any atom is -0.482 e. The third-order valence-electron chi connectivity index (χ3n) is 5.17. The molecule has 0 amide bonds. The minimum atomic E-state index is -4.94. The van der Waals surface area contributed by atoms with Gasteiger partial charge >= 0.3 is 17.8 Å². The summed E-state index contributed by atoms with van der Waals surface area (Å²) in [6.07, 6.45) is 2.40. The average Bonchev–Trinajstić information content (AvgIpc) is 3.12. The largest absolute Gasteiger partial charge is 0.482 e. The second-order valence-electron chi connectivity index (χ2n) is 7.78. The van der Waals surface area contributed by atoms with E-state index in [2.05, 4.69) is 4.99 Å². The Kier molecular flexibility index (Phi) is 8.35. The third-order valence-corrected chi connectivity index (χ3v) is 5.17. The van der Waals surface area contributed by atoms with Crippen LogP contribution in [-0.2, 0) is 32.2 Å². The second kappa shape index (κ2) is 11.3. The molecule has 0 aromatic carbocycles. The maximum atomic E-state index is 15.1. The number of ether oxygens (including phenoxy) is 3. The second-order valence-corrected chi connectivity index (χ2v) is 7.78. The molecule has 9 nitrogen and oxygen atoms in total. The molecule has 0 saturated carbocycles. The van der Waals surface area contributed by atoms with E-state index in [9.17, 15) is 27.6 Å². The van der Waals surface area contributed by atoms with Gasteiger partial charge in [-0.15, -0.1) is 0 Å². The number of rotatable bonds is 7. The summed E-state index contributed by atoms with van der Waals surface area (Å²) in [5.74, 6) is -1.32. The first-order chi connectivity index (χ1) is 17.4. The summed E-state index contributed by atoms with van der Waals surface area (Å²) in [5.41, 5.74) is -4.27. The van der Waals surface area contributed by atoms with Gasteiger partial charge in [0.2, 0.25) is 5.88 Å². The molecule has 0 N–H and O–H groups in total. The number of carbonyl (C=O) groups excluding carboxylic acids is 1. The molecule has 1 aromatic rings. The fourth-order valence-electron chi connectivity index (χ4n) is 3.43. The number of hydrogen-bond acceptors (Lipinski definition) is 7. The Morgan fingerprint density at radius 3 is 2.68 bits per heavy atom. The lowest BCUT2D eigenvalue weighted by atomic mass is 10.2. The van der Waals surface area contributed by atoms with Gasteiger partial charge in [-0.25, -0.2) is 23.5 Å². The fraction of sp³-hybridized carbons (Fsp3) is 0.333. The highest BCUT2D eigenvalue weighted by molar-refractivity contribution is 5.73. The van der Waals surface area contributed by atoms with E-state index in [-0.39, 0.29) is 47.5 Å². The van der Waals surface area contributed by atoms with Crippen LogP contribution in [0.2, 0.25) is 0 Å². The molecule has 3 rings (SSSR count). The Balaban J connectivity index is 1.87. The number of aliphatic imine (C=N–C) groups is 1. The van der Waals surface area contributed by atoms with Gasteiger partial charge in [-0.3, -0.25) is 9.36 Å². The first-order valence-electron chi connectivity index (χ1n) is 11.0. The summed E-state index contributed by atoms with van der Waals surface area (Å²) in [5, 5.41) is 0. The standard InChI is InChI=1S/C24H23F4N3O6/c1-4-35-22(33)13-36-20-11-15(6-5-9-29-20)37-18-8-7-17(16(25)10-14(18)2)31-21(32)12-19(24(26,27)28)30(3)23(31)34/h5-6,8-12,15H,4,7,13H2,1-3H3. The molecule has 13 heteroatoms. The Morgan fingerprint density at radius 1 is 1.27 bits per heavy atom. The van der Waals surface area contributed by atoms with Gasteiger partial charge in [0, 0.05) is 31.8 Å². The molecule has 1 unspecified atom stereocenters. The van der Waals surface area contributed by atoms with Gasteiger partial charge in [0.15, 0.2) is 6.61 Å². The van der Waals surface area contributed by atoms with Crippen molar-refractivity contribution in [2.45, 2.75) is 32.5 Å². The first-order valence-corrected chi connectivity index (χ1v) is 11.0. The molecule has 0 bridgehead atoms. The molecule has 1 aliphatic carbocycles. The SMILES string of the molecule is CCOC(=O)COC1=CC(OC2=CCC(n3c(=O)cc(C(F)(F)F)n(C)c3=O)=C(F)C=C2C)C=CC=N1. The van der Waals surface area contributed by atoms with Gasteiger partial charge in [-0.2, -0.15) is 13.2 Å². The summed E-state index contributed by atoms with van der Waals surface area (Å²) >= 11 is 0. The molecule has 0 spiro atoms. The lowest BCUT2D eigenvalue weighted by molar-refractivity contribution is -0.147. The topological polar surface area (TPSA) is 101 Å². The van der Waals surface area contributed by atoms with Crippen molar-refractivity contribution in [1.29, 1.82) is 0 Å². The maximum absolute atomic E-state index is 15.1. The highest BCUT2D eigenvalue weighted by Gasteiger charge is 2.35. The molecule has 198 valence electrons. The van der Waals surface area contributed by atoms with Crippen LogP contribution in [0.1, 0.15) is 26.0 Å². The van der Waals surface area contributed by atoms with E-state index in [0.717, 1.165) is 13.1 Å². The van der Waals surface area contributed by atoms with E-state index in [1.54, 1.807) is 19.1 Å². The Morgan fingerprint density at radius 2 is 2.00 bits per heavy atom. The van der Waals surface area contributed by atoms with Crippen LogP contribution in [0.3, 0.4) is 0 Å². The number of nitrogens with zero attached hydrogens (tertiary/aromatic N) is 3. The lowest BCUT2D eigenvalue weighted by Crippen LogP contribution is -2.41. The molecule has 37 heavy (non-hydrogen) atoms. The van der Waals surface area contributed by atoms with Crippen LogP contribution < -0.4 is 11.2 Å². The van der Waals surface area contributed by atoms with Gasteiger partial charge in [0.25, 0.3) is 5.56 Å². The highest BCUT2D eigenvalue weighted by atomic mass is 19.4. The summed E-state index contributed by atoms with van der Waals surface area (Å²) < 4.78 is 71.1. The molecule has 1 aliphatic heterocycles. The molecule has 2 aliphatic rings. The van der Waals surface area contributed by atoms with Gasteiger partial charge in [-0.1, -0.05) is 0 Å². The summed E-state index contributed by atoms with van der Waals surface area (Å²) in [7, 11) is 0.843. The van der Waals surface area contributed by atoms with E-state index in [0.29, 0.717) is 4.57 Å². The Labute approximate surface area is 208 Å². The maximum Gasteiger partial charge on any atom is 0.431 e. The summed E-state index contributed by atoms with van der Waals surface area (Å²) in [6.45, 7) is 2.98. The van der Waals surface area contributed by atoms with Crippen LogP contribution in [0.25, 0.3) is 5.70 Å². The van der Waals surface area contributed by atoms with Crippen LogP contribution in [0.4, 0.5) is 17.6 Å². The number of hydrogen-bond donors (Lipinski definition) is 0. The van der Waals surface area contributed by atoms with E-state index in [1.807, 2.05) is 0 Å². The van der Waals surface area contributed by atoms with Gasteiger partial charge in [0.1, 0.15) is 23.4 Å². The van der Waals surface area contributed by atoms with Crippen LogP contribution in [0, 0.1) is 0 Å². The van der Waals surface area contributed by atoms with Crippen molar-refractivity contribution in [1.82, 2.24) is 9.13 Å². The van der Waals surface area contributed by atoms with Crippen LogP contribution in [0.15, 0.2) is 74.1 Å². The monoisotopic (exact) mass is 525 g/mol. The van der Waals surface area contributed by atoms with Gasteiger partial charge < -0.3 is 14.2 Å². The predicted octanol–water partition coefficient (Wildman–Crippen LogP) is 3.38. The quantitative estimate of drug-likeness (QED) is 0.400. The normalized spacial score (nSPS) is 17.9. The zero-order valence-corrected chi connectivity index (χ0v) is 20.0.